The summed E-state index contributed by atoms with van der Waals surface area (Å²) in [6.07, 6.45) is -2.69. The Kier molecular flexibility index (Phi) is 8.63. The zero-order valence-electron chi connectivity index (χ0n) is 20.9. The van der Waals surface area contributed by atoms with Crippen LogP contribution < -0.4 is 10.1 Å². The maximum absolute atomic E-state index is 13.1. The summed E-state index contributed by atoms with van der Waals surface area (Å²) < 4.78 is 45.3. The Balaban J connectivity index is 1.84. The summed E-state index contributed by atoms with van der Waals surface area (Å²) in [5.74, 6) is -0.214. The molecule has 3 aromatic rings. The fourth-order valence-corrected chi connectivity index (χ4v) is 3.58. The van der Waals surface area contributed by atoms with E-state index in [4.69, 9.17) is 16.3 Å². The first-order valence-corrected chi connectivity index (χ1v) is 12.1. The quantitative estimate of drug-likeness (QED) is 0.331. The molecule has 0 aliphatic carbocycles. The molecule has 0 spiro atoms. The van der Waals surface area contributed by atoms with Crippen molar-refractivity contribution in [3.8, 4) is 34.5 Å². The summed E-state index contributed by atoms with van der Waals surface area (Å²) in [5.41, 5.74) is -1.17. The molecule has 0 bridgehead atoms. The smallest absolute Gasteiger partial charge is 0.402 e. The molecule has 0 aliphatic heterocycles. The van der Waals surface area contributed by atoms with Crippen molar-refractivity contribution in [2.45, 2.75) is 59.4 Å². The number of amides is 1. The van der Waals surface area contributed by atoms with E-state index in [2.05, 4.69) is 27.2 Å². The molecule has 198 valence electrons. The maximum atomic E-state index is 13.1. The second-order valence-corrected chi connectivity index (χ2v) is 9.55. The van der Waals surface area contributed by atoms with Crippen LogP contribution in [0.1, 0.15) is 46.1 Å². The predicted molar refractivity (Wildman–Crippen MR) is 134 cm³/mol. The summed E-state index contributed by atoms with van der Waals surface area (Å²) in [7, 11) is 0. The minimum Gasteiger partial charge on any atom is -0.491 e. The van der Waals surface area contributed by atoms with E-state index in [1.807, 2.05) is 6.92 Å². The normalized spacial score (nSPS) is 12.8. The van der Waals surface area contributed by atoms with Crippen LogP contribution in [0.15, 0.2) is 42.5 Å². The highest BCUT2D eigenvalue weighted by Gasteiger charge is 2.52. The number of carbonyl (C=O) groups excluding carboxylic acids is 1. The van der Waals surface area contributed by atoms with Gasteiger partial charge in [-0.25, -0.2) is 4.98 Å². The van der Waals surface area contributed by atoms with E-state index < -0.39 is 23.5 Å². The van der Waals surface area contributed by atoms with Crippen molar-refractivity contribution in [2.75, 3.05) is 0 Å². The number of halogens is 4. The van der Waals surface area contributed by atoms with Crippen LogP contribution in [-0.4, -0.2) is 38.2 Å². The van der Waals surface area contributed by atoms with Gasteiger partial charge >= 0.3 is 12.2 Å². The third-order valence-electron chi connectivity index (χ3n) is 5.77. The molecule has 3 rings (SSSR count). The number of aromatic nitrogens is 3. The fourth-order valence-electron chi connectivity index (χ4n) is 3.38. The van der Waals surface area contributed by atoms with E-state index in [1.54, 1.807) is 30.3 Å². The molecule has 37 heavy (non-hydrogen) atoms. The highest BCUT2D eigenvalue weighted by atomic mass is 35.5. The third-order valence-corrected chi connectivity index (χ3v) is 6.10. The van der Waals surface area contributed by atoms with Crippen LogP contribution in [0.4, 0.5) is 13.2 Å². The lowest BCUT2D eigenvalue weighted by Gasteiger charge is -2.26. The highest BCUT2D eigenvalue weighted by molar-refractivity contribution is 6.33. The first-order chi connectivity index (χ1) is 17.3. The van der Waals surface area contributed by atoms with Crippen LogP contribution in [0.25, 0.3) is 22.8 Å². The molecule has 2 aromatic carbocycles. The van der Waals surface area contributed by atoms with Crippen molar-refractivity contribution in [3.05, 3.63) is 53.1 Å². The van der Waals surface area contributed by atoms with Crippen molar-refractivity contribution in [1.29, 1.82) is 0 Å². The van der Waals surface area contributed by atoms with Gasteiger partial charge in [-0.15, -0.1) is 0 Å². The minimum atomic E-state index is -4.70. The molecular formula is C26H28ClF3N4O3. The molecule has 2 N–H and O–H groups in total. The number of aromatic hydroxyl groups is 1. The van der Waals surface area contributed by atoms with E-state index in [1.165, 1.54) is 12.1 Å². The maximum Gasteiger partial charge on any atom is 0.402 e. The fraction of sp³-hybridized carbons (Fsp3) is 0.385. The Morgan fingerprint density at radius 3 is 2.35 bits per heavy atom. The molecule has 1 amide bonds. The highest BCUT2D eigenvalue weighted by Crippen LogP contribution is 2.37. The van der Waals surface area contributed by atoms with Gasteiger partial charge in [0.1, 0.15) is 11.2 Å². The SMILES string of the molecule is CCC[C@@H](C)Oc1ccc(-c2nc(O)nc(-c3cc(CNC(=O)C(C)(C)C(F)(F)F)ccc3Cl)n2)cc1. The molecule has 1 aromatic heterocycles. The number of benzene rings is 2. The van der Waals surface area contributed by atoms with E-state index in [-0.39, 0.29) is 29.3 Å². The Labute approximate surface area is 218 Å². The molecule has 0 radical (unpaired) electrons. The molecule has 7 nitrogen and oxygen atoms in total. The van der Waals surface area contributed by atoms with E-state index in [0.717, 1.165) is 26.7 Å². The minimum absolute atomic E-state index is 0.0631. The molecule has 11 heteroatoms. The van der Waals surface area contributed by atoms with Gasteiger partial charge in [0.2, 0.25) is 5.91 Å². The average Bonchev–Trinajstić information content (AvgIpc) is 2.82. The number of hydrogen-bond donors (Lipinski definition) is 2. The van der Waals surface area contributed by atoms with Gasteiger partial charge in [-0.05, 0) is 69.2 Å². The van der Waals surface area contributed by atoms with Crippen LogP contribution in [0.2, 0.25) is 5.02 Å². The lowest BCUT2D eigenvalue weighted by atomic mass is 9.91. The molecule has 0 fully saturated rings. The van der Waals surface area contributed by atoms with Gasteiger partial charge in [0.15, 0.2) is 11.6 Å². The molecule has 0 aliphatic rings. The zero-order valence-corrected chi connectivity index (χ0v) is 21.6. The van der Waals surface area contributed by atoms with Gasteiger partial charge in [-0.3, -0.25) is 4.79 Å². The van der Waals surface area contributed by atoms with Crippen LogP contribution in [-0.2, 0) is 11.3 Å². The van der Waals surface area contributed by atoms with E-state index in [9.17, 15) is 23.1 Å². The van der Waals surface area contributed by atoms with Crippen LogP contribution in [0.3, 0.4) is 0 Å². The molecule has 1 atom stereocenters. The zero-order chi connectivity index (χ0) is 27.4. The second-order valence-electron chi connectivity index (χ2n) is 9.14. The molecular weight excluding hydrogens is 509 g/mol. The van der Waals surface area contributed by atoms with E-state index >= 15 is 0 Å². The van der Waals surface area contributed by atoms with Crippen LogP contribution >= 0.6 is 11.6 Å². The summed E-state index contributed by atoms with van der Waals surface area (Å²) in [4.78, 5) is 24.5. The van der Waals surface area contributed by atoms with Crippen molar-refractivity contribution < 1.29 is 27.8 Å². The van der Waals surface area contributed by atoms with Gasteiger partial charge in [0.05, 0.1) is 11.1 Å². The third kappa shape index (κ3) is 6.88. The van der Waals surface area contributed by atoms with Crippen molar-refractivity contribution in [1.82, 2.24) is 20.3 Å². The monoisotopic (exact) mass is 536 g/mol. The van der Waals surface area contributed by atoms with E-state index in [0.29, 0.717) is 22.4 Å². The number of rotatable bonds is 9. The summed E-state index contributed by atoms with van der Waals surface area (Å²) >= 11 is 6.34. The lowest BCUT2D eigenvalue weighted by molar-refractivity contribution is -0.211. The van der Waals surface area contributed by atoms with Crippen molar-refractivity contribution in [2.24, 2.45) is 5.41 Å². The largest absolute Gasteiger partial charge is 0.491 e. The molecule has 1 heterocycles. The van der Waals surface area contributed by atoms with Gasteiger partial charge in [0, 0.05) is 17.7 Å². The Morgan fingerprint density at radius 1 is 1.08 bits per heavy atom. The topological polar surface area (TPSA) is 97.2 Å². The molecule has 0 saturated heterocycles. The first-order valence-electron chi connectivity index (χ1n) is 11.7. The second kappa shape index (κ2) is 11.3. The van der Waals surface area contributed by atoms with Gasteiger partial charge in [0.25, 0.3) is 0 Å². The number of carbonyl (C=O) groups is 1. The molecule has 0 saturated carbocycles. The number of hydrogen-bond acceptors (Lipinski definition) is 6. The Morgan fingerprint density at radius 2 is 1.73 bits per heavy atom. The first kappa shape index (κ1) is 28.2. The summed E-state index contributed by atoms with van der Waals surface area (Å²) in [5, 5.41) is 12.7. The summed E-state index contributed by atoms with van der Waals surface area (Å²) in [6, 6.07) is 11.1. The Hall–Kier alpha value is -3.40. The number of alkyl halides is 3. The number of nitrogens with one attached hydrogen (secondary N) is 1. The Bertz CT molecular complexity index is 1250. The average molecular weight is 537 g/mol. The van der Waals surface area contributed by atoms with Gasteiger partial charge in [-0.1, -0.05) is 31.0 Å². The standard InChI is InChI=1S/C26H28ClF3N4O3/c1-5-6-15(2)37-18-10-8-17(9-11-18)21-32-22(34-24(36)33-21)19-13-16(7-12-20(19)27)14-31-23(35)25(3,4)26(28,29)30/h7-13,15H,5-6,14H2,1-4H3,(H,31,35)(H,32,33,34,36)/t15-/m1/s1. The van der Waals surface area contributed by atoms with Crippen LogP contribution in [0, 0.1) is 5.41 Å². The van der Waals surface area contributed by atoms with Crippen molar-refractivity contribution >= 4 is 17.5 Å². The van der Waals surface area contributed by atoms with Crippen LogP contribution in [0.5, 0.6) is 11.8 Å². The summed E-state index contributed by atoms with van der Waals surface area (Å²) in [6.45, 7) is 5.53. The van der Waals surface area contributed by atoms with Gasteiger partial charge < -0.3 is 15.2 Å². The van der Waals surface area contributed by atoms with Gasteiger partial charge in [-0.2, -0.15) is 23.1 Å². The predicted octanol–water partition coefficient (Wildman–Crippen LogP) is 6.34. The number of nitrogens with zero attached hydrogens (tertiary/aromatic N) is 3. The number of ether oxygens (including phenoxy) is 1. The molecule has 0 unspecified atom stereocenters. The lowest BCUT2D eigenvalue weighted by Crippen LogP contribution is -2.46. The van der Waals surface area contributed by atoms with Crippen molar-refractivity contribution in [3.63, 3.8) is 0 Å².